The van der Waals surface area contributed by atoms with E-state index in [0.29, 0.717) is 17.7 Å². The molecule has 0 aromatic carbocycles. The maximum absolute atomic E-state index is 11.4. The van der Waals surface area contributed by atoms with Gasteiger partial charge in [-0.1, -0.05) is 27.7 Å². The van der Waals surface area contributed by atoms with Gasteiger partial charge in [-0.15, -0.1) is 0 Å². The smallest absolute Gasteiger partial charge is 0.220 e. The molecule has 3 nitrogen and oxygen atoms in total. The monoisotopic (exact) mass is 246 g/mol. The van der Waals surface area contributed by atoms with Crippen molar-refractivity contribution in [1.29, 1.82) is 0 Å². The van der Waals surface area contributed by atoms with Crippen molar-refractivity contribution in [3.8, 4) is 0 Å². The largest absolute Gasteiger partial charge is 0.355 e. The predicted octanol–water partition coefficient (Wildman–Crippen LogP) is 2.02. The van der Waals surface area contributed by atoms with Gasteiger partial charge in [0, 0.05) is 25.6 Å². The third-order valence-electron chi connectivity index (χ3n) is 2.00. The van der Waals surface area contributed by atoms with Crippen LogP contribution >= 0.6 is 11.8 Å². The van der Waals surface area contributed by atoms with Crippen molar-refractivity contribution in [3.63, 3.8) is 0 Å². The van der Waals surface area contributed by atoms with E-state index < -0.39 is 0 Å². The zero-order valence-corrected chi connectivity index (χ0v) is 11.8. The molecular weight excluding hydrogens is 220 g/mol. The van der Waals surface area contributed by atoms with Gasteiger partial charge in [-0.3, -0.25) is 4.79 Å². The molecule has 4 heteroatoms. The van der Waals surface area contributed by atoms with Crippen molar-refractivity contribution >= 4 is 17.7 Å². The lowest BCUT2D eigenvalue weighted by Gasteiger charge is -2.09. The summed E-state index contributed by atoms with van der Waals surface area (Å²) in [4.78, 5) is 11.4. The highest BCUT2D eigenvalue weighted by atomic mass is 32.2. The summed E-state index contributed by atoms with van der Waals surface area (Å²) in [7, 11) is 0. The topological polar surface area (TPSA) is 41.1 Å². The van der Waals surface area contributed by atoms with Gasteiger partial charge < -0.3 is 10.6 Å². The van der Waals surface area contributed by atoms with Crippen molar-refractivity contribution in [2.75, 3.05) is 18.8 Å². The molecule has 0 heterocycles. The molecule has 0 fully saturated rings. The van der Waals surface area contributed by atoms with Crippen molar-refractivity contribution in [2.45, 2.75) is 51.8 Å². The molecule has 0 aromatic heterocycles. The van der Waals surface area contributed by atoms with Crippen LogP contribution in [-0.2, 0) is 4.79 Å². The Balaban J connectivity index is 3.25. The van der Waals surface area contributed by atoms with E-state index in [1.165, 1.54) is 0 Å². The minimum Gasteiger partial charge on any atom is -0.355 e. The summed E-state index contributed by atoms with van der Waals surface area (Å²) in [6.07, 6.45) is 1.63. The number of hydrogen-bond donors (Lipinski definition) is 2. The Labute approximate surface area is 104 Å². The van der Waals surface area contributed by atoms with Crippen molar-refractivity contribution in [3.05, 3.63) is 0 Å². The maximum Gasteiger partial charge on any atom is 0.220 e. The molecule has 0 aliphatic carbocycles. The van der Waals surface area contributed by atoms with Crippen LogP contribution in [-0.4, -0.2) is 36.0 Å². The highest BCUT2D eigenvalue weighted by Crippen LogP contribution is 2.10. The number of hydrogen-bond acceptors (Lipinski definition) is 3. The van der Waals surface area contributed by atoms with E-state index in [0.717, 1.165) is 25.3 Å². The lowest BCUT2D eigenvalue weighted by Crippen LogP contribution is -2.34. The predicted molar refractivity (Wildman–Crippen MR) is 73.0 cm³/mol. The summed E-state index contributed by atoms with van der Waals surface area (Å²) in [5.41, 5.74) is 0. The number of nitrogens with one attached hydrogen (secondary N) is 2. The van der Waals surface area contributed by atoms with E-state index in [1.807, 2.05) is 11.8 Å². The van der Waals surface area contributed by atoms with Gasteiger partial charge in [-0.2, -0.15) is 11.8 Å². The maximum atomic E-state index is 11.4. The quantitative estimate of drug-likeness (QED) is 0.612. The molecule has 96 valence electrons. The van der Waals surface area contributed by atoms with Crippen molar-refractivity contribution in [2.24, 2.45) is 0 Å². The number of carbonyl (C=O) groups excluding carboxylic acids is 1. The van der Waals surface area contributed by atoms with Crippen LogP contribution in [0, 0.1) is 0 Å². The average Bonchev–Trinajstić information content (AvgIpc) is 2.19. The van der Waals surface area contributed by atoms with Crippen molar-refractivity contribution in [1.82, 2.24) is 10.6 Å². The molecule has 0 atom stereocenters. The zero-order valence-electron chi connectivity index (χ0n) is 11.0. The van der Waals surface area contributed by atoms with Crippen LogP contribution in [0.2, 0.25) is 0 Å². The van der Waals surface area contributed by atoms with Crippen LogP contribution in [0.4, 0.5) is 0 Å². The summed E-state index contributed by atoms with van der Waals surface area (Å²) in [5.74, 6) is 1.25. The van der Waals surface area contributed by atoms with Gasteiger partial charge in [-0.05, 0) is 17.4 Å². The number of thioether (sulfide) groups is 1. The molecule has 0 aliphatic heterocycles. The van der Waals surface area contributed by atoms with Gasteiger partial charge in [0.15, 0.2) is 0 Å². The Bertz CT molecular complexity index is 166. The lowest BCUT2D eigenvalue weighted by atomic mass is 10.3. The highest BCUT2D eigenvalue weighted by Gasteiger charge is 2.01. The first-order chi connectivity index (χ1) is 7.52. The second-order valence-electron chi connectivity index (χ2n) is 4.48. The first kappa shape index (κ1) is 15.8. The Kier molecular flexibility index (Phi) is 9.83. The summed E-state index contributed by atoms with van der Waals surface area (Å²) in [6, 6.07) is 0.486. The van der Waals surface area contributed by atoms with Crippen LogP contribution in [0.25, 0.3) is 0 Å². The summed E-state index contributed by atoms with van der Waals surface area (Å²) < 4.78 is 0. The highest BCUT2D eigenvalue weighted by molar-refractivity contribution is 7.99. The molecule has 0 saturated heterocycles. The van der Waals surface area contributed by atoms with Gasteiger partial charge in [-0.25, -0.2) is 0 Å². The van der Waals surface area contributed by atoms with Crippen LogP contribution in [0.15, 0.2) is 0 Å². The second-order valence-corrected chi connectivity index (χ2v) is 6.17. The molecule has 2 N–H and O–H groups in total. The lowest BCUT2D eigenvalue weighted by molar-refractivity contribution is -0.121. The van der Waals surface area contributed by atoms with Gasteiger partial charge in [0.25, 0.3) is 0 Å². The average molecular weight is 246 g/mol. The van der Waals surface area contributed by atoms with E-state index >= 15 is 0 Å². The van der Waals surface area contributed by atoms with Crippen LogP contribution in [0.5, 0.6) is 0 Å². The minimum absolute atomic E-state index is 0.176. The molecule has 0 aromatic rings. The third-order valence-corrected chi connectivity index (χ3v) is 3.19. The fourth-order valence-corrected chi connectivity index (χ4v) is 1.99. The van der Waals surface area contributed by atoms with Crippen LogP contribution in [0.3, 0.4) is 0 Å². The first-order valence-electron chi connectivity index (χ1n) is 6.14. The van der Waals surface area contributed by atoms with E-state index in [-0.39, 0.29) is 5.91 Å². The van der Waals surface area contributed by atoms with Crippen LogP contribution < -0.4 is 10.6 Å². The van der Waals surface area contributed by atoms with Gasteiger partial charge in [0.2, 0.25) is 5.91 Å². The second kappa shape index (κ2) is 9.97. The van der Waals surface area contributed by atoms with Gasteiger partial charge >= 0.3 is 0 Å². The van der Waals surface area contributed by atoms with Gasteiger partial charge in [0.05, 0.1) is 0 Å². The Morgan fingerprint density at radius 1 is 1.19 bits per heavy atom. The molecule has 0 unspecified atom stereocenters. The third kappa shape index (κ3) is 11.9. The molecule has 0 saturated carbocycles. The normalized spacial score (nSPS) is 11.1. The number of rotatable bonds is 9. The number of carbonyl (C=O) groups is 1. The molecule has 0 rings (SSSR count). The van der Waals surface area contributed by atoms with E-state index in [9.17, 15) is 4.79 Å². The Morgan fingerprint density at radius 3 is 2.44 bits per heavy atom. The van der Waals surface area contributed by atoms with E-state index in [4.69, 9.17) is 0 Å². The number of amides is 1. The molecular formula is C12H26N2OS. The van der Waals surface area contributed by atoms with E-state index in [2.05, 4.69) is 38.3 Å². The molecule has 0 bridgehead atoms. The SMILES string of the molecule is CC(C)NCCNC(=O)CCCSC(C)C. The van der Waals surface area contributed by atoms with Gasteiger partial charge in [0.1, 0.15) is 0 Å². The molecule has 16 heavy (non-hydrogen) atoms. The van der Waals surface area contributed by atoms with Crippen molar-refractivity contribution < 1.29 is 4.79 Å². The summed E-state index contributed by atoms with van der Waals surface area (Å²) >= 11 is 1.91. The minimum atomic E-state index is 0.176. The van der Waals surface area contributed by atoms with E-state index in [1.54, 1.807) is 0 Å². The molecule has 1 amide bonds. The standard InChI is InChI=1S/C12H26N2OS/c1-10(2)13-7-8-14-12(15)6-5-9-16-11(3)4/h10-11,13H,5-9H2,1-4H3,(H,14,15). The Morgan fingerprint density at radius 2 is 1.88 bits per heavy atom. The fraction of sp³-hybridized carbons (Fsp3) is 0.917. The molecule has 0 radical (unpaired) electrons. The summed E-state index contributed by atoms with van der Waals surface area (Å²) in [5, 5.41) is 6.84. The van der Waals surface area contributed by atoms with Crippen LogP contribution in [0.1, 0.15) is 40.5 Å². The first-order valence-corrected chi connectivity index (χ1v) is 7.19. The molecule has 0 spiro atoms. The Hall–Kier alpha value is -0.220. The fourth-order valence-electron chi connectivity index (χ4n) is 1.20. The zero-order chi connectivity index (χ0) is 12.4. The molecule has 0 aliphatic rings. The summed E-state index contributed by atoms with van der Waals surface area (Å²) in [6.45, 7) is 10.2.